The molecule has 1 aliphatic heterocycles. The summed E-state index contributed by atoms with van der Waals surface area (Å²) in [5.41, 5.74) is -0.233. The molecule has 0 aliphatic carbocycles. The number of rotatable bonds is 5. The Morgan fingerprint density at radius 2 is 2.25 bits per heavy atom. The molecule has 0 amide bonds. The van der Waals surface area contributed by atoms with Crippen LogP contribution in [0, 0.1) is 22.7 Å². The van der Waals surface area contributed by atoms with Crippen molar-refractivity contribution in [2.24, 2.45) is 11.3 Å². The molecule has 1 unspecified atom stereocenters. The zero-order valence-corrected chi connectivity index (χ0v) is 10.9. The molecule has 0 aromatic heterocycles. The molecule has 0 saturated carbocycles. The second kappa shape index (κ2) is 6.22. The van der Waals surface area contributed by atoms with Crippen LogP contribution in [-0.2, 0) is 0 Å². The van der Waals surface area contributed by atoms with E-state index in [0.29, 0.717) is 0 Å². The smallest absolute Gasteiger partial charge is 0.0697 e. The quantitative estimate of drug-likeness (QED) is 0.723. The molecule has 0 bridgehead atoms. The zero-order valence-electron chi connectivity index (χ0n) is 10.9. The van der Waals surface area contributed by atoms with Gasteiger partial charge in [0.25, 0.3) is 0 Å². The molecule has 92 valence electrons. The highest BCUT2D eigenvalue weighted by Gasteiger charge is 2.18. The summed E-state index contributed by atoms with van der Waals surface area (Å²) in [5, 5.41) is 12.3. The number of nitrogens with zero attached hydrogens (tertiary/aromatic N) is 2. The van der Waals surface area contributed by atoms with Gasteiger partial charge in [0.15, 0.2) is 0 Å². The van der Waals surface area contributed by atoms with Crippen molar-refractivity contribution in [1.29, 1.82) is 5.26 Å². The average molecular weight is 223 g/mol. The number of piperidine rings is 1. The van der Waals surface area contributed by atoms with Crippen LogP contribution < -0.4 is 5.32 Å². The molecule has 0 aromatic rings. The summed E-state index contributed by atoms with van der Waals surface area (Å²) < 4.78 is 0. The molecule has 1 N–H and O–H groups in total. The zero-order chi connectivity index (χ0) is 12.0. The van der Waals surface area contributed by atoms with Gasteiger partial charge in [-0.25, -0.2) is 0 Å². The summed E-state index contributed by atoms with van der Waals surface area (Å²) in [5.74, 6) is 0.844. The molecule has 16 heavy (non-hydrogen) atoms. The van der Waals surface area contributed by atoms with E-state index in [-0.39, 0.29) is 5.41 Å². The molecular formula is C13H25N3. The lowest BCUT2D eigenvalue weighted by atomic mass is 9.94. The van der Waals surface area contributed by atoms with Crippen LogP contribution in [0.4, 0.5) is 0 Å². The van der Waals surface area contributed by atoms with Crippen LogP contribution in [0.5, 0.6) is 0 Å². The lowest BCUT2D eigenvalue weighted by Gasteiger charge is -2.29. The largest absolute Gasteiger partial charge is 0.315 e. The Labute approximate surface area is 99.8 Å². The van der Waals surface area contributed by atoms with Crippen molar-refractivity contribution in [1.82, 2.24) is 10.2 Å². The maximum absolute atomic E-state index is 8.88. The molecule has 0 radical (unpaired) electrons. The van der Waals surface area contributed by atoms with E-state index in [1.54, 1.807) is 0 Å². The van der Waals surface area contributed by atoms with Crippen molar-refractivity contribution < 1.29 is 0 Å². The van der Waals surface area contributed by atoms with Gasteiger partial charge in [-0.2, -0.15) is 5.26 Å². The fourth-order valence-electron chi connectivity index (χ4n) is 2.26. The highest BCUT2D eigenvalue weighted by molar-refractivity contribution is 4.93. The van der Waals surface area contributed by atoms with E-state index >= 15 is 0 Å². The highest BCUT2D eigenvalue weighted by Crippen LogP contribution is 2.18. The van der Waals surface area contributed by atoms with Gasteiger partial charge >= 0.3 is 0 Å². The average Bonchev–Trinajstić information content (AvgIpc) is 2.25. The van der Waals surface area contributed by atoms with Crippen molar-refractivity contribution in [3.63, 3.8) is 0 Å². The van der Waals surface area contributed by atoms with Crippen LogP contribution >= 0.6 is 0 Å². The lowest BCUT2D eigenvalue weighted by molar-refractivity contribution is 0.200. The van der Waals surface area contributed by atoms with Crippen LogP contribution in [-0.4, -0.2) is 38.1 Å². The third kappa shape index (κ3) is 4.96. The predicted octanol–water partition coefficient (Wildman–Crippen LogP) is 1.86. The summed E-state index contributed by atoms with van der Waals surface area (Å²) >= 11 is 0. The first-order valence-corrected chi connectivity index (χ1v) is 6.34. The fraction of sp³-hybridized carbons (Fsp3) is 0.923. The van der Waals surface area contributed by atoms with Crippen LogP contribution in [0.2, 0.25) is 0 Å². The van der Waals surface area contributed by atoms with E-state index in [2.05, 4.69) is 23.3 Å². The number of hydrogen-bond acceptors (Lipinski definition) is 3. The Morgan fingerprint density at radius 1 is 1.50 bits per heavy atom. The van der Waals surface area contributed by atoms with Gasteiger partial charge in [0.2, 0.25) is 0 Å². The van der Waals surface area contributed by atoms with Crippen molar-refractivity contribution in [2.45, 2.75) is 33.1 Å². The Morgan fingerprint density at radius 3 is 2.88 bits per heavy atom. The van der Waals surface area contributed by atoms with Gasteiger partial charge < -0.3 is 10.2 Å². The number of hydrogen-bond donors (Lipinski definition) is 1. The molecule has 0 spiro atoms. The van der Waals surface area contributed by atoms with Crippen molar-refractivity contribution in [3.8, 4) is 6.07 Å². The normalized spacial score (nSPS) is 23.0. The molecule has 1 saturated heterocycles. The second-order valence-corrected chi connectivity index (χ2v) is 5.73. The van der Waals surface area contributed by atoms with E-state index in [9.17, 15) is 0 Å². The first kappa shape index (κ1) is 13.5. The maximum atomic E-state index is 8.88. The number of nitrogens with one attached hydrogen (secondary N) is 1. The van der Waals surface area contributed by atoms with Gasteiger partial charge in [-0.1, -0.05) is 0 Å². The third-order valence-electron chi connectivity index (χ3n) is 3.32. The van der Waals surface area contributed by atoms with E-state index in [4.69, 9.17) is 5.26 Å². The van der Waals surface area contributed by atoms with E-state index in [1.165, 1.54) is 32.4 Å². The fourth-order valence-corrected chi connectivity index (χ4v) is 2.26. The summed E-state index contributed by atoms with van der Waals surface area (Å²) in [7, 11) is 2.21. The molecule has 1 aliphatic rings. The Bertz CT molecular complexity index is 242. The lowest BCUT2D eigenvalue weighted by Crippen LogP contribution is -2.35. The molecule has 0 aromatic carbocycles. The van der Waals surface area contributed by atoms with Crippen molar-refractivity contribution in [2.75, 3.05) is 33.2 Å². The summed E-state index contributed by atoms with van der Waals surface area (Å²) in [6.45, 7) is 8.30. The number of nitriles is 1. The molecule has 3 heteroatoms. The molecule has 1 rings (SSSR count). The first-order chi connectivity index (χ1) is 7.53. The minimum absolute atomic E-state index is 0.233. The van der Waals surface area contributed by atoms with Gasteiger partial charge in [0.05, 0.1) is 11.5 Å². The van der Waals surface area contributed by atoms with E-state index in [0.717, 1.165) is 19.0 Å². The van der Waals surface area contributed by atoms with E-state index < -0.39 is 0 Å². The molecule has 3 nitrogen and oxygen atoms in total. The van der Waals surface area contributed by atoms with E-state index in [1.807, 2.05) is 13.8 Å². The van der Waals surface area contributed by atoms with Crippen LogP contribution in [0.25, 0.3) is 0 Å². The third-order valence-corrected chi connectivity index (χ3v) is 3.32. The highest BCUT2D eigenvalue weighted by atomic mass is 15.1. The second-order valence-electron chi connectivity index (χ2n) is 5.73. The first-order valence-electron chi connectivity index (χ1n) is 6.34. The number of likely N-dealkylation sites (tertiary alicyclic amines) is 1. The van der Waals surface area contributed by atoms with Gasteiger partial charge in [0.1, 0.15) is 0 Å². The van der Waals surface area contributed by atoms with Gasteiger partial charge in [-0.15, -0.1) is 0 Å². The van der Waals surface area contributed by atoms with Crippen molar-refractivity contribution >= 4 is 0 Å². The summed E-state index contributed by atoms with van der Waals surface area (Å²) in [6, 6.07) is 2.32. The molecule has 1 fully saturated rings. The molecule has 1 atom stereocenters. The minimum atomic E-state index is -0.233. The SMILES string of the molecule is CN1CCCC(CCNCC(C)(C)C#N)C1. The molecular weight excluding hydrogens is 198 g/mol. The molecule has 1 heterocycles. The monoisotopic (exact) mass is 223 g/mol. The van der Waals surface area contributed by atoms with Gasteiger partial charge in [0, 0.05) is 13.1 Å². The van der Waals surface area contributed by atoms with Crippen molar-refractivity contribution in [3.05, 3.63) is 0 Å². The van der Waals surface area contributed by atoms with Gasteiger partial charge in [-0.3, -0.25) is 0 Å². The standard InChI is InChI=1S/C13H25N3/c1-13(2,10-14)11-15-7-6-12-5-4-8-16(3)9-12/h12,15H,4-9,11H2,1-3H3. The Hall–Kier alpha value is -0.590. The Balaban J connectivity index is 2.09. The topological polar surface area (TPSA) is 39.1 Å². The summed E-state index contributed by atoms with van der Waals surface area (Å²) in [6.07, 6.45) is 3.95. The predicted molar refractivity (Wildman–Crippen MR) is 67.1 cm³/mol. The Kier molecular flexibility index (Phi) is 5.24. The van der Waals surface area contributed by atoms with Crippen LogP contribution in [0.15, 0.2) is 0 Å². The summed E-state index contributed by atoms with van der Waals surface area (Å²) in [4.78, 5) is 2.42. The minimum Gasteiger partial charge on any atom is -0.315 e. The van der Waals surface area contributed by atoms with Gasteiger partial charge in [-0.05, 0) is 59.2 Å². The maximum Gasteiger partial charge on any atom is 0.0697 e. The van der Waals surface area contributed by atoms with Crippen LogP contribution in [0.3, 0.4) is 0 Å². The van der Waals surface area contributed by atoms with Crippen LogP contribution in [0.1, 0.15) is 33.1 Å².